The van der Waals surface area contributed by atoms with Crippen LogP contribution in [0.3, 0.4) is 0 Å². The molecule has 0 unspecified atom stereocenters. The molecule has 1 saturated heterocycles. The number of rotatable bonds is 4. The number of hydrogen-bond donors (Lipinski definition) is 1. The number of nitrogens with one attached hydrogen (secondary N) is 1. The second kappa shape index (κ2) is 7.67. The number of thiophene rings is 1. The Morgan fingerprint density at radius 1 is 1.30 bits per heavy atom. The number of halogens is 1. The first-order valence-electron chi connectivity index (χ1n) is 8.47. The third-order valence-electron chi connectivity index (χ3n) is 4.35. The molecule has 140 valence electrons. The van der Waals surface area contributed by atoms with E-state index in [2.05, 4.69) is 15.2 Å². The Balaban J connectivity index is 1.56. The van der Waals surface area contributed by atoms with Crippen LogP contribution in [0, 0.1) is 0 Å². The standard InChI is InChI=1S/C18H17ClN4O3S/c19-13-2-1-3-14(16(13)22-5-7-26-8-6-22)21-15(24)10-23-11-20-17-12(18(23)25)4-9-27-17/h1-4,9,11H,5-8,10H2,(H,21,24). The van der Waals surface area contributed by atoms with E-state index in [9.17, 15) is 9.59 Å². The quantitative estimate of drug-likeness (QED) is 0.723. The predicted molar refractivity (Wildman–Crippen MR) is 107 cm³/mol. The van der Waals surface area contributed by atoms with Crippen LogP contribution in [0.1, 0.15) is 0 Å². The summed E-state index contributed by atoms with van der Waals surface area (Å²) in [7, 11) is 0. The van der Waals surface area contributed by atoms with E-state index in [1.165, 1.54) is 22.2 Å². The molecule has 1 N–H and O–H groups in total. The fourth-order valence-electron chi connectivity index (χ4n) is 3.07. The Labute approximate surface area is 164 Å². The van der Waals surface area contributed by atoms with Crippen molar-refractivity contribution in [3.63, 3.8) is 0 Å². The van der Waals surface area contributed by atoms with E-state index >= 15 is 0 Å². The number of anilines is 2. The van der Waals surface area contributed by atoms with E-state index in [1.54, 1.807) is 24.3 Å². The second-order valence-corrected chi connectivity index (χ2v) is 7.40. The number of aromatic nitrogens is 2. The molecule has 0 saturated carbocycles. The summed E-state index contributed by atoms with van der Waals surface area (Å²) in [5.74, 6) is -0.315. The average Bonchev–Trinajstić information content (AvgIpc) is 3.14. The van der Waals surface area contributed by atoms with E-state index < -0.39 is 0 Å². The van der Waals surface area contributed by atoms with Gasteiger partial charge in [-0.1, -0.05) is 17.7 Å². The number of morpholine rings is 1. The SMILES string of the molecule is O=C(Cn1cnc2sccc2c1=O)Nc1cccc(Cl)c1N1CCOCC1. The summed E-state index contributed by atoms with van der Waals surface area (Å²) < 4.78 is 6.70. The van der Waals surface area contributed by atoms with Crippen molar-refractivity contribution in [2.24, 2.45) is 0 Å². The van der Waals surface area contributed by atoms with Crippen LogP contribution in [-0.2, 0) is 16.1 Å². The van der Waals surface area contributed by atoms with Gasteiger partial charge in [0.2, 0.25) is 5.91 Å². The number of ether oxygens (including phenoxy) is 1. The fourth-order valence-corrected chi connectivity index (χ4v) is 4.09. The summed E-state index contributed by atoms with van der Waals surface area (Å²) in [6.07, 6.45) is 1.40. The molecule has 2 aromatic heterocycles. The number of fused-ring (bicyclic) bond motifs is 1. The molecule has 1 aliphatic heterocycles. The minimum Gasteiger partial charge on any atom is -0.378 e. The number of hydrogen-bond acceptors (Lipinski definition) is 6. The summed E-state index contributed by atoms with van der Waals surface area (Å²) >= 11 is 7.78. The first kappa shape index (κ1) is 18.0. The summed E-state index contributed by atoms with van der Waals surface area (Å²) in [4.78, 5) is 32.0. The van der Waals surface area contributed by atoms with Crippen LogP contribution >= 0.6 is 22.9 Å². The number of benzene rings is 1. The number of carbonyl (C=O) groups excluding carboxylic acids is 1. The topological polar surface area (TPSA) is 76.5 Å². The lowest BCUT2D eigenvalue weighted by Crippen LogP contribution is -2.37. The van der Waals surface area contributed by atoms with E-state index in [0.29, 0.717) is 47.2 Å². The smallest absolute Gasteiger partial charge is 0.262 e. The van der Waals surface area contributed by atoms with Gasteiger partial charge in [-0.3, -0.25) is 14.2 Å². The largest absolute Gasteiger partial charge is 0.378 e. The first-order valence-corrected chi connectivity index (χ1v) is 9.73. The van der Waals surface area contributed by atoms with Gasteiger partial charge in [-0.15, -0.1) is 11.3 Å². The molecule has 9 heteroatoms. The van der Waals surface area contributed by atoms with Gasteiger partial charge in [0.05, 0.1) is 41.3 Å². The molecule has 0 bridgehead atoms. The molecule has 3 aromatic rings. The Morgan fingerprint density at radius 3 is 2.93 bits per heavy atom. The van der Waals surface area contributed by atoms with E-state index in [4.69, 9.17) is 16.3 Å². The molecule has 0 aliphatic carbocycles. The summed E-state index contributed by atoms with van der Waals surface area (Å²) in [5, 5.41) is 5.77. The van der Waals surface area contributed by atoms with Gasteiger partial charge in [0, 0.05) is 13.1 Å². The van der Waals surface area contributed by atoms with Gasteiger partial charge in [-0.05, 0) is 23.6 Å². The van der Waals surface area contributed by atoms with Crippen molar-refractivity contribution in [1.82, 2.24) is 9.55 Å². The lowest BCUT2D eigenvalue weighted by atomic mass is 10.2. The monoisotopic (exact) mass is 404 g/mol. The van der Waals surface area contributed by atoms with Crippen molar-refractivity contribution < 1.29 is 9.53 Å². The van der Waals surface area contributed by atoms with E-state index in [-0.39, 0.29) is 18.0 Å². The van der Waals surface area contributed by atoms with Crippen molar-refractivity contribution in [3.05, 3.63) is 51.3 Å². The summed E-state index contributed by atoms with van der Waals surface area (Å²) in [6, 6.07) is 7.10. The molecule has 1 fully saturated rings. The maximum atomic E-state index is 12.6. The second-order valence-electron chi connectivity index (χ2n) is 6.10. The maximum Gasteiger partial charge on any atom is 0.262 e. The van der Waals surface area contributed by atoms with Crippen molar-refractivity contribution in [2.75, 3.05) is 36.5 Å². The minimum absolute atomic E-state index is 0.118. The molecule has 27 heavy (non-hydrogen) atoms. The van der Waals surface area contributed by atoms with E-state index in [0.717, 1.165) is 5.69 Å². The Hall–Kier alpha value is -2.42. The molecule has 1 amide bonds. The van der Waals surface area contributed by atoms with Gasteiger partial charge in [-0.25, -0.2) is 4.98 Å². The van der Waals surface area contributed by atoms with Crippen LogP contribution in [0.5, 0.6) is 0 Å². The molecule has 0 spiro atoms. The number of carbonyl (C=O) groups is 1. The third-order valence-corrected chi connectivity index (χ3v) is 5.48. The Morgan fingerprint density at radius 2 is 2.11 bits per heavy atom. The molecular weight excluding hydrogens is 388 g/mol. The molecule has 1 aromatic carbocycles. The third kappa shape index (κ3) is 3.69. The normalized spacial score (nSPS) is 14.5. The number of nitrogens with zero attached hydrogens (tertiary/aromatic N) is 3. The van der Waals surface area contributed by atoms with Crippen LogP contribution in [0.4, 0.5) is 11.4 Å². The van der Waals surface area contributed by atoms with Gasteiger partial charge in [0.1, 0.15) is 11.4 Å². The van der Waals surface area contributed by atoms with Crippen LogP contribution in [0.2, 0.25) is 5.02 Å². The first-order chi connectivity index (χ1) is 13.1. The highest BCUT2D eigenvalue weighted by Crippen LogP contribution is 2.34. The van der Waals surface area contributed by atoms with Gasteiger partial charge < -0.3 is 15.0 Å². The molecule has 4 rings (SSSR count). The van der Waals surface area contributed by atoms with Gasteiger partial charge >= 0.3 is 0 Å². The molecular formula is C18H17ClN4O3S. The van der Waals surface area contributed by atoms with Crippen LogP contribution in [0.25, 0.3) is 10.2 Å². The number of amides is 1. The predicted octanol–water partition coefficient (Wildman–Crippen LogP) is 2.59. The maximum absolute atomic E-state index is 12.6. The number of para-hydroxylation sites is 1. The lowest BCUT2D eigenvalue weighted by Gasteiger charge is -2.31. The van der Waals surface area contributed by atoms with Crippen molar-refractivity contribution in [1.29, 1.82) is 0 Å². The van der Waals surface area contributed by atoms with E-state index in [1.807, 2.05) is 5.38 Å². The van der Waals surface area contributed by atoms with Crippen molar-refractivity contribution in [3.8, 4) is 0 Å². The molecule has 0 atom stereocenters. The highest BCUT2D eigenvalue weighted by molar-refractivity contribution is 7.16. The minimum atomic E-state index is -0.315. The summed E-state index contributed by atoms with van der Waals surface area (Å²) in [5.41, 5.74) is 1.16. The van der Waals surface area contributed by atoms with Crippen molar-refractivity contribution in [2.45, 2.75) is 6.54 Å². The Kier molecular flexibility index (Phi) is 5.11. The molecule has 3 heterocycles. The molecule has 0 radical (unpaired) electrons. The zero-order valence-corrected chi connectivity index (χ0v) is 15.9. The van der Waals surface area contributed by atoms with Crippen molar-refractivity contribution >= 4 is 50.4 Å². The average molecular weight is 405 g/mol. The van der Waals surface area contributed by atoms with Gasteiger partial charge in [0.15, 0.2) is 0 Å². The highest BCUT2D eigenvalue weighted by atomic mass is 35.5. The molecule has 1 aliphatic rings. The Bertz CT molecular complexity index is 1040. The molecule has 7 nitrogen and oxygen atoms in total. The fraction of sp³-hybridized carbons (Fsp3) is 0.278. The zero-order chi connectivity index (χ0) is 18.8. The van der Waals surface area contributed by atoms with Gasteiger partial charge in [0.25, 0.3) is 5.56 Å². The highest BCUT2D eigenvalue weighted by Gasteiger charge is 2.19. The summed E-state index contributed by atoms with van der Waals surface area (Å²) in [6.45, 7) is 2.50. The van der Waals surface area contributed by atoms with Crippen LogP contribution < -0.4 is 15.8 Å². The van der Waals surface area contributed by atoms with Crippen LogP contribution in [-0.4, -0.2) is 41.8 Å². The van der Waals surface area contributed by atoms with Crippen LogP contribution in [0.15, 0.2) is 40.8 Å². The zero-order valence-electron chi connectivity index (χ0n) is 14.4. The van der Waals surface area contributed by atoms with Gasteiger partial charge in [-0.2, -0.15) is 0 Å². The lowest BCUT2D eigenvalue weighted by molar-refractivity contribution is -0.116.